The highest BCUT2D eigenvalue weighted by molar-refractivity contribution is 5.76. The quantitative estimate of drug-likeness (QED) is 0.843. The van der Waals surface area contributed by atoms with E-state index in [2.05, 4.69) is 22.0 Å². The molecule has 0 N–H and O–H groups in total. The fourth-order valence-corrected chi connectivity index (χ4v) is 3.42. The zero-order valence-corrected chi connectivity index (χ0v) is 14.3. The molecule has 6 nitrogen and oxygen atoms in total. The van der Waals surface area contributed by atoms with Gasteiger partial charge >= 0.3 is 0 Å². The molecule has 3 rings (SSSR count). The average molecular weight is 328 g/mol. The van der Waals surface area contributed by atoms with Crippen LogP contribution < -0.4 is 0 Å². The van der Waals surface area contributed by atoms with Crippen molar-refractivity contribution in [2.45, 2.75) is 51.5 Å². The van der Waals surface area contributed by atoms with E-state index in [1.54, 1.807) is 12.4 Å². The van der Waals surface area contributed by atoms with E-state index >= 15 is 0 Å². The maximum atomic E-state index is 12.5. The molecule has 1 amide bonds. The molecule has 128 valence electrons. The molecule has 2 heterocycles. The van der Waals surface area contributed by atoms with Gasteiger partial charge in [0.05, 0.1) is 0 Å². The van der Waals surface area contributed by atoms with Crippen molar-refractivity contribution < 1.29 is 9.32 Å². The topological polar surface area (TPSA) is 72.1 Å². The molecule has 0 aromatic carbocycles. The molecule has 2 aromatic heterocycles. The minimum atomic E-state index is 0.148. The Balaban J connectivity index is 1.55. The van der Waals surface area contributed by atoms with Crippen molar-refractivity contribution in [3.8, 4) is 11.4 Å². The normalized spacial score (nSPS) is 20.8. The lowest BCUT2D eigenvalue weighted by Crippen LogP contribution is -2.42. The van der Waals surface area contributed by atoms with Gasteiger partial charge in [-0.25, -0.2) is 0 Å². The fraction of sp³-hybridized carbons (Fsp3) is 0.556. The Hall–Kier alpha value is -2.24. The molecule has 2 unspecified atom stereocenters. The Morgan fingerprint density at radius 1 is 1.38 bits per heavy atom. The van der Waals surface area contributed by atoms with Crippen molar-refractivity contribution in [1.29, 1.82) is 0 Å². The predicted molar refractivity (Wildman–Crippen MR) is 90.0 cm³/mol. The summed E-state index contributed by atoms with van der Waals surface area (Å²) < 4.78 is 5.26. The molecule has 1 saturated carbocycles. The van der Waals surface area contributed by atoms with Crippen molar-refractivity contribution in [2.75, 3.05) is 7.05 Å². The van der Waals surface area contributed by atoms with Crippen molar-refractivity contribution in [1.82, 2.24) is 20.0 Å². The fourth-order valence-electron chi connectivity index (χ4n) is 3.42. The highest BCUT2D eigenvalue weighted by atomic mass is 16.5. The second kappa shape index (κ2) is 7.55. The van der Waals surface area contributed by atoms with E-state index in [-0.39, 0.29) is 5.91 Å². The Labute approximate surface area is 142 Å². The predicted octanol–water partition coefficient (Wildman–Crippen LogP) is 3.10. The summed E-state index contributed by atoms with van der Waals surface area (Å²) in [5, 5.41) is 3.96. The maximum absolute atomic E-state index is 12.5. The third-order valence-electron chi connectivity index (χ3n) is 4.90. The third kappa shape index (κ3) is 3.80. The molecule has 2 atom stereocenters. The minimum Gasteiger partial charge on any atom is -0.342 e. The molecule has 1 fully saturated rings. The van der Waals surface area contributed by atoms with Gasteiger partial charge in [-0.3, -0.25) is 9.78 Å². The number of amides is 1. The standard InChI is InChI=1S/C18H24N4O2/c1-13-6-3-4-8-15(13)22(2)17(23)10-9-16-20-18(21-24-16)14-7-5-11-19-12-14/h5,7,11-13,15H,3-4,6,8-10H2,1-2H3. The molecule has 0 radical (unpaired) electrons. The second-order valence-electron chi connectivity index (χ2n) is 6.59. The van der Waals surface area contributed by atoms with Gasteiger partial charge < -0.3 is 9.42 Å². The number of nitrogens with zero attached hydrogens (tertiary/aromatic N) is 4. The molecule has 24 heavy (non-hydrogen) atoms. The molecule has 0 aliphatic heterocycles. The number of hydrogen-bond acceptors (Lipinski definition) is 5. The van der Waals surface area contributed by atoms with E-state index < -0.39 is 0 Å². The van der Waals surface area contributed by atoms with Crippen molar-refractivity contribution in [3.63, 3.8) is 0 Å². The van der Waals surface area contributed by atoms with Gasteiger partial charge in [0.25, 0.3) is 0 Å². The minimum absolute atomic E-state index is 0.148. The highest BCUT2D eigenvalue weighted by Crippen LogP contribution is 2.27. The molecular weight excluding hydrogens is 304 g/mol. The van der Waals surface area contributed by atoms with Gasteiger partial charge in [0.1, 0.15) is 0 Å². The molecule has 6 heteroatoms. The van der Waals surface area contributed by atoms with E-state index in [0.29, 0.717) is 36.5 Å². The van der Waals surface area contributed by atoms with E-state index in [9.17, 15) is 4.79 Å². The first-order valence-corrected chi connectivity index (χ1v) is 8.64. The summed E-state index contributed by atoms with van der Waals surface area (Å²) in [6.45, 7) is 2.24. The van der Waals surface area contributed by atoms with Crippen LogP contribution in [-0.2, 0) is 11.2 Å². The number of carbonyl (C=O) groups is 1. The highest BCUT2D eigenvalue weighted by Gasteiger charge is 2.27. The first kappa shape index (κ1) is 16.6. The van der Waals surface area contributed by atoms with Crippen LogP contribution >= 0.6 is 0 Å². The lowest BCUT2D eigenvalue weighted by molar-refractivity contribution is -0.133. The summed E-state index contributed by atoms with van der Waals surface area (Å²) in [6.07, 6.45) is 9.06. The largest absolute Gasteiger partial charge is 0.342 e. The first-order valence-electron chi connectivity index (χ1n) is 8.64. The summed E-state index contributed by atoms with van der Waals surface area (Å²) in [5.74, 6) is 1.73. The lowest BCUT2D eigenvalue weighted by Gasteiger charge is -2.36. The van der Waals surface area contributed by atoms with E-state index in [0.717, 1.165) is 12.0 Å². The summed E-state index contributed by atoms with van der Waals surface area (Å²) in [7, 11) is 1.92. The first-order chi connectivity index (χ1) is 11.6. The van der Waals surface area contributed by atoms with E-state index in [1.165, 1.54) is 19.3 Å². The zero-order valence-electron chi connectivity index (χ0n) is 14.3. The van der Waals surface area contributed by atoms with E-state index in [4.69, 9.17) is 4.52 Å². The Kier molecular flexibility index (Phi) is 5.23. The average Bonchev–Trinajstić information content (AvgIpc) is 3.09. The van der Waals surface area contributed by atoms with Crippen LogP contribution in [0.4, 0.5) is 0 Å². The zero-order chi connectivity index (χ0) is 16.9. The number of aryl methyl sites for hydroxylation is 1. The number of carbonyl (C=O) groups excluding carboxylic acids is 1. The van der Waals surface area contributed by atoms with Crippen LogP contribution in [0.15, 0.2) is 29.0 Å². The monoisotopic (exact) mass is 328 g/mol. The van der Waals surface area contributed by atoms with Crippen LogP contribution in [0, 0.1) is 5.92 Å². The van der Waals surface area contributed by atoms with Crippen molar-refractivity contribution in [3.05, 3.63) is 30.4 Å². The van der Waals surface area contributed by atoms with Gasteiger partial charge in [-0.05, 0) is 30.9 Å². The second-order valence-corrected chi connectivity index (χ2v) is 6.59. The van der Waals surface area contributed by atoms with Crippen molar-refractivity contribution >= 4 is 5.91 Å². The molecular formula is C18H24N4O2. The third-order valence-corrected chi connectivity index (χ3v) is 4.90. The van der Waals surface area contributed by atoms with Crippen LogP contribution in [0.3, 0.4) is 0 Å². The number of hydrogen-bond donors (Lipinski definition) is 0. The van der Waals surface area contributed by atoms with Gasteiger partial charge in [0.15, 0.2) is 0 Å². The van der Waals surface area contributed by atoms with Gasteiger partial charge in [-0.1, -0.05) is 24.9 Å². The molecule has 0 spiro atoms. The molecule has 1 aliphatic carbocycles. The van der Waals surface area contributed by atoms with Crippen molar-refractivity contribution in [2.24, 2.45) is 5.92 Å². The molecule has 0 saturated heterocycles. The maximum Gasteiger partial charge on any atom is 0.227 e. The van der Waals surface area contributed by atoms with Crippen LogP contribution in [0.2, 0.25) is 0 Å². The summed E-state index contributed by atoms with van der Waals surface area (Å²) in [5.41, 5.74) is 0.812. The SMILES string of the molecule is CC1CCCCC1N(C)C(=O)CCc1nc(-c2cccnc2)no1. The smallest absolute Gasteiger partial charge is 0.227 e. The van der Waals surface area contributed by atoms with Gasteiger partial charge in [0.2, 0.25) is 17.6 Å². The Bertz CT molecular complexity index is 671. The van der Waals surface area contributed by atoms with Gasteiger partial charge in [-0.15, -0.1) is 0 Å². The number of pyridine rings is 1. The van der Waals surface area contributed by atoms with Gasteiger partial charge in [-0.2, -0.15) is 4.98 Å². The summed E-state index contributed by atoms with van der Waals surface area (Å²) in [6, 6.07) is 4.07. The Morgan fingerprint density at radius 2 is 2.21 bits per heavy atom. The van der Waals surface area contributed by atoms with Crippen LogP contribution in [0.1, 0.15) is 44.9 Å². The number of rotatable bonds is 5. The summed E-state index contributed by atoms with van der Waals surface area (Å²) >= 11 is 0. The Morgan fingerprint density at radius 3 is 2.96 bits per heavy atom. The molecule has 2 aromatic rings. The lowest BCUT2D eigenvalue weighted by atomic mass is 9.85. The van der Waals surface area contributed by atoms with Crippen LogP contribution in [0.5, 0.6) is 0 Å². The van der Waals surface area contributed by atoms with Crippen LogP contribution in [-0.4, -0.2) is 39.0 Å². The van der Waals surface area contributed by atoms with E-state index in [1.807, 2.05) is 24.1 Å². The molecule has 1 aliphatic rings. The number of aromatic nitrogens is 3. The van der Waals surface area contributed by atoms with Gasteiger partial charge in [0, 0.05) is 43.9 Å². The molecule has 0 bridgehead atoms. The summed E-state index contributed by atoms with van der Waals surface area (Å²) in [4.78, 5) is 22.8. The van der Waals surface area contributed by atoms with Crippen LogP contribution in [0.25, 0.3) is 11.4 Å².